The Kier molecular flexibility index (Phi) is 1.09. The maximum Gasteiger partial charge on any atom is 0.325 e. The van der Waals surface area contributed by atoms with Crippen LogP contribution in [0.15, 0.2) is 15.9 Å². The molecule has 2 N–H and O–H groups in total. The van der Waals surface area contributed by atoms with E-state index in [0.717, 1.165) is 0 Å². The highest BCUT2D eigenvalue weighted by Crippen LogP contribution is 1.96. The third-order valence-electron chi connectivity index (χ3n) is 1.44. The minimum Gasteiger partial charge on any atom is -0.801 e. The van der Waals surface area contributed by atoms with Crippen LogP contribution in [0.2, 0.25) is 0 Å². The van der Waals surface area contributed by atoms with Crippen LogP contribution < -0.4 is 11.2 Å². The lowest BCUT2D eigenvalue weighted by atomic mass is 10.5. The number of nitrogens with zero attached hydrogens (tertiary/aromatic N) is 2. The van der Waals surface area contributed by atoms with E-state index in [9.17, 15) is 14.8 Å². The van der Waals surface area contributed by atoms with E-state index < -0.39 is 11.2 Å². The molecule has 7 heteroatoms. The summed E-state index contributed by atoms with van der Waals surface area (Å²) in [6.45, 7) is 0. The molecule has 0 aliphatic carbocycles. The van der Waals surface area contributed by atoms with E-state index in [1.165, 1.54) is 6.33 Å². The predicted molar refractivity (Wildman–Crippen MR) is 39.7 cm³/mol. The number of H-pyrrole nitrogens is 2. The van der Waals surface area contributed by atoms with Crippen LogP contribution in [0.5, 0.6) is 0 Å². The van der Waals surface area contributed by atoms with Crippen LogP contribution in [-0.2, 0) is 0 Å². The first-order valence-corrected chi connectivity index (χ1v) is 3.06. The number of aromatic nitrogens is 4. The molecule has 0 bridgehead atoms. The van der Waals surface area contributed by atoms with Crippen molar-refractivity contribution in [2.24, 2.45) is 0 Å². The zero-order valence-corrected chi connectivity index (χ0v) is 5.70. The molecule has 0 aromatic carbocycles. The molecule has 0 aliphatic rings. The number of rotatable bonds is 0. The second-order valence-electron chi connectivity index (χ2n) is 2.15. The molecule has 0 saturated carbocycles. The molecule has 62 valence electrons. The molecule has 0 fully saturated rings. The fourth-order valence-electron chi connectivity index (χ4n) is 0.915. The number of imidazole rings is 1. The summed E-state index contributed by atoms with van der Waals surface area (Å²) in [6, 6.07) is 0. The van der Waals surface area contributed by atoms with Crippen molar-refractivity contribution >= 4 is 11.2 Å². The van der Waals surface area contributed by atoms with E-state index in [4.69, 9.17) is 0 Å². The van der Waals surface area contributed by atoms with Crippen molar-refractivity contribution in [3.8, 4) is 0 Å². The van der Waals surface area contributed by atoms with Gasteiger partial charge in [-0.05, 0) is 0 Å². The molecule has 0 amide bonds. The van der Waals surface area contributed by atoms with Crippen LogP contribution >= 0.6 is 0 Å². The Morgan fingerprint density at radius 3 is 3.00 bits per heavy atom. The van der Waals surface area contributed by atoms with Gasteiger partial charge >= 0.3 is 5.69 Å². The first-order chi connectivity index (χ1) is 5.70. The summed E-state index contributed by atoms with van der Waals surface area (Å²) in [7, 11) is 0. The van der Waals surface area contributed by atoms with Crippen LogP contribution in [0.25, 0.3) is 11.2 Å². The summed E-state index contributed by atoms with van der Waals surface area (Å²) in [6.07, 6.45) is 1.17. The van der Waals surface area contributed by atoms with Crippen LogP contribution in [0.3, 0.4) is 0 Å². The average molecular weight is 167 g/mol. The van der Waals surface area contributed by atoms with Gasteiger partial charge in [0.1, 0.15) is 5.52 Å². The summed E-state index contributed by atoms with van der Waals surface area (Å²) in [5.41, 5.74) is -1.84. The van der Waals surface area contributed by atoms with Gasteiger partial charge in [-0.25, -0.2) is 9.78 Å². The van der Waals surface area contributed by atoms with Gasteiger partial charge in [0.05, 0.1) is 6.33 Å². The van der Waals surface area contributed by atoms with Gasteiger partial charge in [0.2, 0.25) is 0 Å². The van der Waals surface area contributed by atoms with Crippen molar-refractivity contribution in [1.82, 2.24) is 19.7 Å². The standard InChI is InChI=1S/C5H3N4O3/c10-4-2-3(7-1-6-2)9(12)5(11)8-4/h1H,(H,6,7)(H,8,10,11)/q-1. The van der Waals surface area contributed by atoms with E-state index in [-0.39, 0.29) is 15.9 Å². The molecular formula is C5H3N4O3-. The van der Waals surface area contributed by atoms with Gasteiger partial charge in [0.25, 0.3) is 5.56 Å². The highest BCUT2D eigenvalue weighted by atomic mass is 16.5. The van der Waals surface area contributed by atoms with Crippen molar-refractivity contribution in [2.75, 3.05) is 0 Å². The summed E-state index contributed by atoms with van der Waals surface area (Å²) in [5.74, 6) is 0. The van der Waals surface area contributed by atoms with E-state index in [1.807, 2.05) is 4.98 Å². The molecule has 2 heterocycles. The van der Waals surface area contributed by atoms with Gasteiger partial charge in [-0.2, -0.15) is 0 Å². The lowest BCUT2D eigenvalue weighted by Gasteiger charge is -2.06. The van der Waals surface area contributed by atoms with E-state index in [0.29, 0.717) is 0 Å². The normalized spacial score (nSPS) is 10.7. The van der Waals surface area contributed by atoms with Crippen LogP contribution in [-0.4, -0.2) is 19.7 Å². The number of hydrogen-bond donors (Lipinski definition) is 2. The van der Waals surface area contributed by atoms with Crippen molar-refractivity contribution in [2.45, 2.75) is 0 Å². The summed E-state index contributed by atoms with van der Waals surface area (Å²) < 4.78 is 0.0211. The molecule has 0 atom stereocenters. The van der Waals surface area contributed by atoms with Crippen LogP contribution in [0.4, 0.5) is 0 Å². The molecule has 0 spiro atoms. The van der Waals surface area contributed by atoms with Crippen molar-refractivity contribution in [3.05, 3.63) is 32.4 Å². The monoisotopic (exact) mass is 167 g/mol. The lowest BCUT2D eigenvalue weighted by Crippen LogP contribution is -2.27. The first kappa shape index (κ1) is 6.65. The number of nitrogens with one attached hydrogen (secondary N) is 2. The number of aromatic amines is 2. The van der Waals surface area contributed by atoms with Crippen LogP contribution in [0, 0.1) is 5.21 Å². The van der Waals surface area contributed by atoms with Gasteiger partial charge in [0, 0.05) is 0 Å². The van der Waals surface area contributed by atoms with Gasteiger partial charge in [-0.3, -0.25) is 9.78 Å². The largest absolute Gasteiger partial charge is 0.801 e. The highest BCUT2D eigenvalue weighted by Gasteiger charge is 2.02. The Bertz CT molecular complexity index is 533. The quantitative estimate of drug-likeness (QED) is 0.511. The Hall–Kier alpha value is -2.05. The Labute approximate surface area is 64.3 Å². The van der Waals surface area contributed by atoms with Gasteiger partial charge < -0.3 is 14.9 Å². The third kappa shape index (κ3) is 0.669. The second kappa shape index (κ2) is 1.97. The minimum absolute atomic E-state index is 0.00426. The summed E-state index contributed by atoms with van der Waals surface area (Å²) >= 11 is 0. The molecule has 0 aliphatic heterocycles. The molecule has 2 rings (SSSR count). The second-order valence-corrected chi connectivity index (χ2v) is 2.15. The molecule has 12 heavy (non-hydrogen) atoms. The van der Waals surface area contributed by atoms with E-state index in [1.54, 1.807) is 0 Å². The van der Waals surface area contributed by atoms with Crippen LogP contribution in [0.1, 0.15) is 0 Å². The number of hydrogen-bond acceptors (Lipinski definition) is 4. The molecule has 0 saturated heterocycles. The Morgan fingerprint density at radius 2 is 2.25 bits per heavy atom. The molecule has 0 unspecified atom stereocenters. The van der Waals surface area contributed by atoms with E-state index in [2.05, 4.69) is 9.97 Å². The molecule has 0 radical (unpaired) electrons. The molecular weight excluding hydrogens is 164 g/mol. The van der Waals surface area contributed by atoms with E-state index >= 15 is 0 Å². The Morgan fingerprint density at radius 1 is 1.50 bits per heavy atom. The van der Waals surface area contributed by atoms with Crippen molar-refractivity contribution in [3.63, 3.8) is 0 Å². The fourth-order valence-corrected chi connectivity index (χ4v) is 0.915. The topological polar surface area (TPSA) is 107 Å². The zero-order chi connectivity index (χ0) is 8.72. The van der Waals surface area contributed by atoms with Gasteiger partial charge in [0.15, 0.2) is 5.65 Å². The van der Waals surface area contributed by atoms with Gasteiger partial charge in [-0.15, -0.1) is 0 Å². The summed E-state index contributed by atoms with van der Waals surface area (Å²) in [5, 5.41) is 10.9. The maximum absolute atomic E-state index is 10.9. The fraction of sp³-hybridized carbons (Fsp3) is 0. The zero-order valence-electron chi connectivity index (χ0n) is 5.70. The lowest BCUT2D eigenvalue weighted by molar-refractivity contribution is 0.938. The Balaban J connectivity index is 3.18. The SMILES string of the molecule is O=c1[nH]c(=O)n([O-])c2nc[nH]c12. The van der Waals surface area contributed by atoms with Gasteiger partial charge in [-0.1, -0.05) is 0 Å². The molecule has 2 aromatic heterocycles. The van der Waals surface area contributed by atoms with Crippen molar-refractivity contribution in [1.29, 1.82) is 0 Å². The first-order valence-electron chi connectivity index (χ1n) is 3.06. The highest BCUT2D eigenvalue weighted by molar-refractivity contribution is 5.68. The maximum atomic E-state index is 10.9. The predicted octanol–water partition coefficient (Wildman–Crippen LogP) is -1.24. The third-order valence-corrected chi connectivity index (χ3v) is 1.44. The molecule has 7 nitrogen and oxygen atoms in total. The average Bonchev–Trinajstić information content (AvgIpc) is 2.48. The minimum atomic E-state index is -1.01. The summed E-state index contributed by atoms with van der Waals surface area (Å²) in [4.78, 5) is 29.4. The smallest absolute Gasteiger partial charge is 0.325 e. The van der Waals surface area contributed by atoms with Crippen molar-refractivity contribution < 1.29 is 0 Å². The molecule has 2 aromatic rings. The number of fused-ring (bicyclic) bond motifs is 1.